The molecule has 0 saturated carbocycles. The normalized spacial score (nSPS) is 12.0. The SMILES string of the molecule is CCC(COC(=O)c1ccccc1)(COC(=O)c1ccc(C(C)(C)C)cc1)COC(=O)c1ccc(C(C)(C)C)cc1. The van der Waals surface area contributed by atoms with Crippen LogP contribution in [0.25, 0.3) is 0 Å². The Morgan fingerprint density at radius 1 is 0.512 bits per heavy atom. The van der Waals surface area contributed by atoms with Crippen LogP contribution in [0, 0.1) is 5.41 Å². The molecule has 0 saturated heterocycles. The maximum Gasteiger partial charge on any atom is 0.338 e. The summed E-state index contributed by atoms with van der Waals surface area (Å²) in [5.74, 6) is -1.50. The molecule has 3 rings (SSSR count). The van der Waals surface area contributed by atoms with Crippen molar-refractivity contribution >= 4 is 17.9 Å². The monoisotopic (exact) mass is 558 g/mol. The minimum absolute atomic E-state index is 0.0423. The zero-order chi connectivity index (χ0) is 30.3. The Labute approximate surface area is 244 Å². The van der Waals surface area contributed by atoms with E-state index in [1.165, 1.54) is 0 Å². The minimum Gasteiger partial charge on any atom is -0.461 e. The molecule has 0 unspecified atom stereocenters. The number of hydrogen-bond donors (Lipinski definition) is 0. The van der Waals surface area contributed by atoms with Gasteiger partial charge < -0.3 is 14.2 Å². The number of hydrogen-bond acceptors (Lipinski definition) is 6. The molecule has 3 aromatic carbocycles. The first-order chi connectivity index (χ1) is 19.2. The molecule has 0 spiro atoms. The molecular weight excluding hydrogens is 516 g/mol. The smallest absolute Gasteiger partial charge is 0.338 e. The summed E-state index contributed by atoms with van der Waals surface area (Å²) in [6.45, 7) is 14.2. The Morgan fingerprint density at radius 3 is 1.12 bits per heavy atom. The van der Waals surface area contributed by atoms with E-state index >= 15 is 0 Å². The van der Waals surface area contributed by atoms with Gasteiger partial charge in [-0.05, 0) is 64.8 Å². The second kappa shape index (κ2) is 13.2. The highest BCUT2D eigenvalue weighted by molar-refractivity contribution is 5.90. The summed E-state index contributed by atoms with van der Waals surface area (Å²) in [4.78, 5) is 38.6. The van der Waals surface area contributed by atoms with Gasteiger partial charge in [0.25, 0.3) is 0 Å². The molecule has 0 heterocycles. The van der Waals surface area contributed by atoms with Crippen molar-refractivity contribution in [3.63, 3.8) is 0 Å². The van der Waals surface area contributed by atoms with Crippen molar-refractivity contribution in [1.29, 1.82) is 0 Å². The molecule has 0 amide bonds. The number of carbonyl (C=O) groups excluding carboxylic acids is 3. The zero-order valence-electron chi connectivity index (χ0n) is 25.3. The molecule has 0 fully saturated rings. The third kappa shape index (κ3) is 8.78. The van der Waals surface area contributed by atoms with Gasteiger partial charge in [0.2, 0.25) is 0 Å². The maximum absolute atomic E-state index is 13.0. The maximum atomic E-state index is 13.0. The van der Waals surface area contributed by atoms with Crippen LogP contribution in [-0.4, -0.2) is 37.7 Å². The van der Waals surface area contributed by atoms with Crippen molar-refractivity contribution in [2.75, 3.05) is 19.8 Å². The lowest BCUT2D eigenvalue weighted by Gasteiger charge is -2.31. The largest absolute Gasteiger partial charge is 0.461 e. The highest BCUT2D eigenvalue weighted by Gasteiger charge is 2.35. The summed E-state index contributed by atoms with van der Waals surface area (Å²) in [5, 5.41) is 0. The fourth-order valence-electron chi connectivity index (χ4n) is 4.12. The van der Waals surface area contributed by atoms with Gasteiger partial charge in [0.15, 0.2) is 0 Å². The van der Waals surface area contributed by atoms with E-state index in [0.717, 1.165) is 11.1 Å². The highest BCUT2D eigenvalue weighted by Crippen LogP contribution is 2.28. The quantitative estimate of drug-likeness (QED) is 0.189. The first-order valence-corrected chi connectivity index (χ1v) is 14.0. The number of esters is 3. The molecule has 41 heavy (non-hydrogen) atoms. The predicted molar refractivity (Wildman–Crippen MR) is 160 cm³/mol. The van der Waals surface area contributed by atoms with Crippen LogP contribution in [0.15, 0.2) is 78.9 Å². The van der Waals surface area contributed by atoms with E-state index in [4.69, 9.17) is 14.2 Å². The molecule has 218 valence electrons. The second-order valence-electron chi connectivity index (χ2n) is 12.6. The lowest BCUT2D eigenvalue weighted by molar-refractivity contribution is -0.0381. The Bertz CT molecular complexity index is 1240. The fraction of sp³-hybridized carbons (Fsp3) is 0.400. The molecule has 0 aliphatic rings. The van der Waals surface area contributed by atoms with Crippen LogP contribution in [-0.2, 0) is 25.0 Å². The number of benzene rings is 3. The van der Waals surface area contributed by atoms with E-state index in [1.807, 2.05) is 37.3 Å². The van der Waals surface area contributed by atoms with Gasteiger partial charge in [-0.1, -0.05) is 90.9 Å². The molecule has 6 heteroatoms. The van der Waals surface area contributed by atoms with Crippen molar-refractivity contribution in [2.45, 2.75) is 65.7 Å². The molecule has 3 aromatic rings. The molecular formula is C35H42O6. The van der Waals surface area contributed by atoms with Gasteiger partial charge in [-0.25, -0.2) is 14.4 Å². The summed E-state index contributed by atoms with van der Waals surface area (Å²) < 4.78 is 17.1. The topological polar surface area (TPSA) is 78.9 Å². The van der Waals surface area contributed by atoms with Crippen LogP contribution in [0.3, 0.4) is 0 Å². The van der Waals surface area contributed by atoms with Crippen LogP contribution in [0.5, 0.6) is 0 Å². The Kier molecular flexibility index (Phi) is 10.1. The van der Waals surface area contributed by atoms with Gasteiger partial charge in [-0.2, -0.15) is 0 Å². The van der Waals surface area contributed by atoms with Gasteiger partial charge in [0.1, 0.15) is 19.8 Å². The predicted octanol–water partition coefficient (Wildman–Crippen LogP) is 7.55. The van der Waals surface area contributed by atoms with Crippen LogP contribution >= 0.6 is 0 Å². The Balaban J connectivity index is 1.75. The van der Waals surface area contributed by atoms with Gasteiger partial charge in [0, 0.05) is 0 Å². The highest BCUT2D eigenvalue weighted by atomic mass is 16.6. The van der Waals surface area contributed by atoms with Crippen molar-refractivity contribution in [2.24, 2.45) is 5.41 Å². The van der Waals surface area contributed by atoms with Crippen molar-refractivity contribution in [3.05, 3.63) is 107 Å². The zero-order valence-corrected chi connectivity index (χ0v) is 25.3. The van der Waals surface area contributed by atoms with E-state index in [2.05, 4.69) is 41.5 Å². The molecule has 0 atom stereocenters. The molecule has 0 bridgehead atoms. The Morgan fingerprint density at radius 2 is 0.829 bits per heavy atom. The van der Waals surface area contributed by atoms with Crippen LogP contribution in [0.2, 0.25) is 0 Å². The van der Waals surface area contributed by atoms with Gasteiger partial charge in [0.05, 0.1) is 22.1 Å². The van der Waals surface area contributed by atoms with Crippen LogP contribution in [0.1, 0.15) is 97.1 Å². The number of ether oxygens (including phenoxy) is 3. The number of carbonyl (C=O) groups is 3. The third-order valence-corrected chi connectivity index (χ3v) is 7.26. The first kappa shape index (κ1) is 31.6. The average molecular weight is 559 g/mol. The molecule has 0 radical (unpaired) electrons. The summed E-state index contributed by atoms with van der Waals surface area (Å²) in [5.41, 5.74) is 2.43. The third-order valence-electron chi connectivity index (χ3n) is 7.26. The fourth-order valence-corrected chi connectivity index (χ4v) is 4.12. The molecule has 0 aromatic heterocycles. The molecule has 6 nitrogen and oxygen atoms in total. The van der Waals surface area contributed by atoms with Gasteiger partial charge >= 0.3 is 17.9 Å². The van der Waals surface area contributed by atoms with Crippen molar-refractivity contribution < 1.29 is 28.6 Å². The van der Waals surface area contributed by atoms with E-state index in [-0.39, 0.29) is 30.7 Å². The lowest BCUT2D eigenvalue weighted by atomic mass is 9.86. The van der Waals surface area contributed by atoms with Crippen LogP contribution < -0.4 is 0 Å². The Hall–Kier alpha value is -3.93. The summed E-state index contributed by atoms with van der Waals surface area (Å²) >= 11 is 0. The van der Waals surface area contributed by atoms with Gasteiger partial charge in [-0.15, -0.1) is 0 Å². The van der Waals surface area contributed by atoms with E-state index in [1.54, 1.807) is 48.5 Å². The van der Waals surface area contributed by atoms with Crippen molar-refractivity contribution in [1.82, 2.24) is 0 Å². The standard InChI is InChI=1S/C35H42O6/c1-8-35(22-39-30(36)25-12-10-9-11-13-25,23-40-31(37)26-14-18-28(19-15-26)33(2,3)4)24-41-32(38)27-16-20-29(21-17-27)34(5,6)7/h9-21H,8,22-24H2,1-7H3. The average Bonchev–Trinajstić information content (AvgIpc) is 2.96. The summed E-state index contributed by atoms with van der Waals surface area (Å²) in [6.07, 6.45) is 0.432. The van der Waals surface area contributed by atoms with Crippen LogP contribution in [0.4, 0.5) is 0 Å². The summed E-state index contributed by atoms with van der Waals surface area (Å²) in [6, 6.07) is 23.3. The van der Waals surface area contributed by atoms with E-state index in [9.17, 15) is 14.4 Å². The van der Waals surface area contributed by atoms with Gasteiger partial charge in [-0.3, -0.25) is 0 Å². The van der Waals surface area contributed by atoms with E-state index < -0.39 is 23.3 Å². The minimum atomic E-state index is -0.938. The summed E-state index contributed by atoms with van der Waals surface area (Å²) in [7, 11) is 0. The lowest BCUT2D eigenvalue weighted by Crippen LogP contribution is -2.39. The first-order valence-electron chi connectivity index (χ1n) is 14.0. The molecule has 0 aliphatic carbocycles. The van der Waals surface area contributed by atoms with E-state index in [0.29, 0.717) is 23.1 Å². The van der Waals surface area contributed by atoms with Crippen molar-refractivity contribution in [3.8, 4) is 0 Å². The number of rotatable bonds is 10. The molecule has 0 N–H and O–H groups in total. The second-order valence-corrected chi connectivity index (χ2v) is 12.6. The molecule has 0 aliphatic heterocycles.